The van der Waals surface area contributed by atoms with Crippen LogP contribution in [0, 0.1) is 3.57 Å². The van der Waals surface area contributed by atoms with Gasteiger partial charge in [0.15, 0.2) is 0 Å². The molecule has 0 heterocycles. The minimum absolute atomic E-state index is 0.0723. The highest BCUT2D eigenvalue weighted by atomic mass is 127. The SMILES string of the molecule is CN(C)C(=O)c1cccc(NCC(=O)Nc2cccc(I)c2)c1. The Bertz CT molecular complexity index is 716. The van der Waals surface area contributed by atoms with E-state index in [0.29, 0.717) is 5.56 Å². The van der Waals surface area contributed by atoms with Crippen LogP contribution in [0.15, 0.2) is 48.5 Å². The molecule has 0 radical (unpaired) electrons. The molecule has 0 atom stereocenters. The Balaban J connectivity index is 1.94. The van der Waals surface area contributed by atoms with Gasteiger partial charge < -0.3 is 15.5 Å². The molecular formula is C17H18IN3O2. The third-order valence-corrected chi connectivity index (χ3v) is 3.75. The molecule has 0 bridgehead atoms. The molecule has 2 N–H and O–H groups in total. The van der Waals surface area contributed by atoms with Gasteiger partial charge in [-0.05, 0) is 59.0 Å². The van der Waals surface area contributed by atoms with Gasteiger partial charge in [-0.25, -0.2) is 0 Å². The van der Waals surface area contributed by atoms with Gasteiger partial charge in [-0.3, -0.25) is 9.59 Å². The Morgan fingerprint density at radius 3 is 2.43 bits per heavy atom. The Morgan fingerprint density at radius 2 is 1.74 bits per heavy atom. The van der Waals surface area contributed by atoms with Crippen LogP contribution in [0.3, 0.4) is 0 Å². The second-order valence-corrected chi connectivity index (χ2v) is 6.44. The lowest BCUT2D eigenvalue weighted by Crippen LogP contribution is -2.23. The number of benzene rings is 2. The predicted octanol–water partition coefficient (Wildman–Crippen LogP) is 3.04. The molecule has 120 valence electrons. The zero-order valence-corrected chi connectivity index (χ0v) is 15.1. The summed E-state index contributed by atoms with van der Waals surface area (Å²) in [4.78, 5) is 25.4. The number of halogens is 1. The second-order valence-electron chi connectivity index (χ2n) is 5.19. The molecule has 2 aromatic carbocycles. The summed E-state index contributed by atoms with van der Waals surface area (Å²) < 4.78 is 1.06. The molecule has 2 rings (SSSR count). The highest BCUT2D eigenvalue weighted by molar-refractivity contribution is 14.1. The van der Waals surface area contributed by atoms with Gasteiger partial charge in [0.25, 0.3) is 5.91 Å². The highest BCUT2D eigenvalue weighted by Gasteiger charge is 2.09. The van der Waals surface area contributed by atoms with E-state index < -0.39 is 0 Å². The van der Waals surface area contributed by atoms with Gasteiger partial charge in [0.1, 0.15) is 0 Å². The summed E-state index contributed by atoms with van der Waals surface area (Å²) in [6, 6.07) is 14.7. The van der Waals surface area contributed by atoms with Crippen LogP contribution in [-0.4, -0.2) is 37.4 Å². The smallest absolute Gasteiger partial charge is 0.253 e. The summed E-state index contributed by atoms with van der Waals surface area (Å²) >= 11 is 2.19. The maximum Gasteiger partial charge on any atom is 0.253 e. The van der Waals surface area contributed by atoms with E-state index in [0.717, 1.165) is 14.9 Å². The van der Waals surface area contributed by atoms with Crippen LogP contribution in [0.25, 0.3) is 0 Å². The van der Waals surface area contributed by atoms with Crippen LogP contribution in [0.2, 0.25) is 0 Å². The number of nitrogens with zero attached hydrogens (tertiary/aromatic N) is 1. The molecule has 23 heavy (non-hydrogen) atoms. The number of hydrogen-bond donors (Lipinski definition) is 2. The minimum atomic E-state index is -0.142. The number of rotatable bonds is 5. The van der Waals surface area contributed by atoms with Crippen LogP contribution in [0.4, 0.5) is 11.4 Å². The van der Waals surface area contributed by atoms with Gasteiger partial charge in [0.2, 0.25) is 5.91 Å². The molecular weight excluding hydrogens is 405 g/mol. The zero-order chi connectivity index (χ0) is 16.8. The summed E-state index contributed by atoms with van der Waals surface area (Å²) in [6.07, 6.45) is 0. The van der Waals surface area contributed by atoms with Crippen molar-refractivity contribution in [2.45, 2.75) is 0 Å². The fraction of sp³-hybridized carbons (Fsp3) is 0.176. The van der Waals surface area contributed by atoms with Crippen molar-refractivity contribution in [1.29, 1.82) is 0 Å². The molecule has 2 amide bonds. The minimum Gasteiger partial charge on any atom is -0.376 e. The fourth-order valence-electron chi connectivity index (χ4n) is 1.97. The standard InChI is InChI=1S/C17H18IN3O2/c1-21(2)17(23)12-5-3-7-14(9-12)19-11-16(22)20-15-8-4-6-13(18)10-15/h3-10,19H,11H2,1-2H3,(H,20,22). The largest absolute Gasteiger partial charge is 0.376 e. The van der Waals surface area contributed by atoms with Crippen LogP contribution >= 0.6 is 22.6 Å². The number of carbonyl (C=O) groups excluding carboxylic acids is 2. The Morgan fingerprint density at radius 1 is 1.04 bits per heavy atom. The van der Waals surface area contributed by atoms with Crippen molar-refractivity contribution in [2.24, 2.45) is 0 Å². The lowest BCUT2D eigenvalue weighted by Gasteiger charge is -2.12. The Labute approximate surface area is 149 Å². The number of amides is 2. The van der Waals surface area contributed by atoms with E-state index in [1.54, 1.807) is 32.3 Å². The third-order valence-electron chi connectivity index (χ3n) is 3.08. The van der Waals surface area contributed by atoms with Crippen molar-refractivity contribution < 1.29 is 9.59 Å². The number of hydrogen-bond acceptors (Lipinski definition) is 3. The predicted molar refractivity (Wildman–Crippen MR) is 101 cm³/mol. The van der Waals surface area contributed by atoms with Gasteiger partial charge in [0, 0.05) is 34.6 Å². The summed E-state index contributed by atoms with van der Waals surface area (Å²) in [5.41, 5.74) is 2.08. The third kappa shape index (κ3) is 5.24. The molecule has 0 aliphatic heterocycles. The first-order valence-electron chi connectivity index (χ1n) is 7.07. The van der Waals surface area contributed by atoms with Crippen LogP contribution in [-0.2, 0) is 4.79 Å². The van der Waals surface area contributed by atoms with Gasteiger partial charge in [0.05, 0.1) is 6.54 Å². The lowest BCUT2D eigenvalue weighted by atomic mass is 10.2. The van der Waals surface area contributed by atoms with E-state index >= 15 is 0 Å². The zero-order valence-electron chi connectivity index (χ0n) is 13.0. The molecule has 5 nitrogen and oxygen atoms in total. The average molecular weight is 423 g/mol. The van der Waals surface area contributed by atoms with E-state index in [-0.39, 0.29) is 18.4 Å². The van der Waals surface area contributed by atoms with Crippen LogP contribution in [0.5, 0.6) is 0 Å². The number of carbonyl (C=O) groups is 2. The maximum atomic E-state index is 12.0. The van der Waals surface area contributed by atoms with Crippen molar-refractivity contribution in [3.63, 3.8) is 0 Å². The molecule has 6 heteroatoms. The second kappa shape index (κ2) is 7.96. The summed E-state index contributed by atoms with van der Waals surface area (Å²) in [7, 11) is 3.41. The summed E-state index contributed by atoms with van der Waals surface area (Å²) in [5.74, 6) is -0.215. The van der Waals surface area contributed by atoms with Crippen molar-refractivity contribution in [1.82, 2.24) is 4.90 Å². The number of anilines is 2. The van der Waals surface area contributed by atoms with Gasteiger partial charge in [-0.15, -0.1) is 0 Å². The lowest BCUT2D eigenvalue weighted by molar-refractivity contribution is -0.114. The molecule has 0 saturated heterocycles. The molecule has 0 aliphatic rings. The molecule has 0 aliphatic carbocycles. The molecule has 0 unspecified atom stereocenters. The van der Waals surface area contributed by atoms with Gasteiger partial charge >= 0.3 is 0 Å². The molecule has 2 aromatic rings. The molecule has 0 fully saturated rings. The summed E-state index contributed by atoms with van der Waals surface area (Å²) in [5, 5.41) is 5.86. The van der Waals surface area contributed by atoms with E-state index in [1.165, 1.54) is 4.90 Å². The van der Waals surface area contributed by atoms with Crippen molar-refractivity contribution in [3.8, 4) is 0 Å². The highest BCUT2D eigenvalue weighted by Crippen LogP contribution is 2.13. The monoisotopic (exact) mass is 423 g/mol. The quantitative estimate of drug-likeness (QED) is 0.727. The van der Waals surface area contributed by atoms with Crippen LogP contribution < -0.4 is 10.6 Å². The van der Waals surface area contributed by atoms with Gasteiger partial charge in [-0.1, -0.05) is 12.1 Å². The normalized spacial score (nSPS) is 10.0. The Hall–Kier alpha value is -2.09. The van der Waals surface area contributed by atoms with Gasteiger partial charge in [-0.2, -0.15) is 0 Å². The molecule has 0 aromatic heterocycles. The van der Waals surface area contributed by atoms with Crippen molar-refractivity contribution in [3.05, 3.63) is 57.7 Å². The van der Waals surface area contributed by atoms with Crippen molar-refractivity contribution >= 4 is 45.8 Å². The van der Waals surface area contributed by atoms with E-state index in [9.17, 15) is 9.59 Å². The van der Waals surface area contributed by atoms with E-state index in [1.807, 2.05) is 30.3 Å². The average Bonchev–Trinajstić information content (AvgIpc) is 2.52. The van der Waals surface area contributed by atoms with E-state index in [2.05, 4.69) is 33.2 Å². The first-order chi connectivity index (χ1) is 11.0. The summed E-state index contributed by atoms with van der Waals surface area (Å²) in [6.45, 7) is 0.130. The number of nitrogens with one attached hydrogen (secondary N) is 2. The molecule has 0 saturated carbocycles. The first kappa shape index (κ1) is 17.3. The fourth-order valence-corrected chi connectivity index (χ4v) is 2.52. The van der Waals surface area contributed by atoms with E-state index in [4.69, 9.17) is 0 Å². The maximum absolute atomic E-state index is 12.0. The first-order valence-corrected chi connectivity index (χ1v) is 8.14. The molecule has 0 spiro atoms. The van der Waals surface area contributed by atoms with Crippen molar-refractivity contribution in [2.75, 3.05) is 31.3 Å². The van der Waals surface area contributed by atoms with Crippen LogP contribution in [0.1, 0.15) is 10.4 Å². The topological polar surface area (TPSA) is 61.4 Å². The Kier molecular flexibility index (Phi) is 5.97.